The first kappa shape index (κ1) is 22.6. The maximum absolute atomic E-state index is 13.3. The quantitative estimate of drug-likeness (QED) is 0.323. The number of carbonyl (C=O) groups excluding carboxylic acids is 2. The highest BCUT2D eigenvalue weighted by molar-refractivity contribution is 6.46. The highest BCUT2D eigenvalue weighted by atomic mass is 16.5. The molecule has 2 aliphatic heterocycles. The molecule has 3 aromatic rings. The van der Waals surface area contributed by atoms with Crippen molar-refractivity contribution in [2.45, 2.75) is 32.0 Å². The molecule has 2 aliphatic rings. The smallest absolute Gasteiger partial charge is 0.296 e. The summed E-state index contributed by atoms with van der Waals surface area (Å²) >= 11 is 0. The lowest BCUT2D eigenvalue weighted by atomic mass is 9.94. The molecular formula is C27H25NO7. The number of amides is 1. The van der Waals surface area contributed by atoms with E-state index in [2.05, 4.69) is 0 Å². The minimum Gasteiger partial charge on any atom is -0.507 e. The number of hydrogen-bond acceptors (Lipinski definition) is 7. The third-order valence-corrected chi connectivity index (χ3v) is 6.34. The van der Waals surface area contributed by atoms with Gasteiger partial charge in [0, 0.05) is 12.0 Å². The van der Waals surface area contributed by atoms with Crippen molar-refractivity contribution >= 4 is 17.4 Å². The summed E-state index contributed by atoms with van der Waals surface area (Å²) in [6.07, 6.45) is 2.24. The summed E-state index contributed by atoms with van der Waals surface area (Å²) < 4.78 is 22.0. The maximum atomic E-state index is 13.3. The number of ketones is 1. The molecule has 0 bridgehead atoms. The van der Waals surface area contributed by atoms with Gasteiger partial charge in [-0.15, -0.1) is 0 Å². The summed E-state index contributed by atoms with van der Waals surface area (Å²) in [5, 5.41) is 11.4. The largest absolute Gasteiger partial charge is 0.507 e. The Hall–Kier alpha value is -4.20. The van der Waals surface area contributed by atoms with E-state index in [1.807, 2.05) is 6.92 Å². The second-order valence-corrected chi connectivity index (χ2v) is 8.58. The maximum Gasteiger partial charge on any atom is 0.296 e. The number of hydrogen-bond donors (Lipinski definition) is 1. The SMILES string of the molecule is COc1ccc(C2/C(=C(\O)c3ccc4c(c3)CC(C)O4)C(=O)C(=O)N2Cc2ccco2)cc1OC. The van der Waals surface area contributed by atoms with Crippen LogP contribution in [0, 0.1) is 0 Å². The number of aliphatic hydroxyl groups is 1. The number of methoxy groups -OCH3 is 2. The lowest BCUT2D eigenvalue weighted by molar-refractivity contribution is -0.140. The van der Waals surface area contributed by atoms with Gasteiger partial charge in [-0.25, -0.2) is 0 Å². The van der Waals surface area contributed by atoms with Crippen LogP contribution in [0.2, 0.25) is 0 Å². The van der Waals surface area contributed by atoms with Crippen LogP contribution in [-0.2, 0) is 22.6 Å². The first-order chi connectivity index (χ1) is 16.9. The van der Waals surface area contributed by atoms with Crippen molar-refractivity contribution < 1.29 is 33.3 Å². The Balaban J connectivity index is 1.65. The Labute approximate surface area is 202 Å². The molecule has 1 fully saturated rings. The van der Waals surface area contributed by atoms with Gasteiger partial charge in [-0.1, -0.05) is 6.07 Å². The molecule has 1 N–H and O–H groups in total. The van der Waals surface area contributed by atoms with Gasteiger partial charge >= 0.3 is 0 Å². The van der Waals surface area contributed by atoms with E-state index in [9.17, 15) is 14.7 Å². The monoisotopic (exact) mass is 475 g/mol. The van der Waals surface area contributed by atoms with Crippen molar-refractivity contribution in [3.63, 3.8) is 0 Å². The second-order valence-electron chi connectivity index (χ2n) is 8.58. The van der Waals surface area contributed by atoms with Gasteiger partial charge in [-0.05, 0) is 60.5 Å². The van der Waals surface area contributed by atoms with Crippen LogP contribution in [0.5, 0.6) is 17.2 Å². The first-order valence-electron chi connectivity index (χ1n) is 11.2. The Morgan fingerprint density at radius 3 is 2.60 bits per heavy atom. The number of Topliss-reactive ketones (excluding diaryl/α,β-unsaturated/α-hetero) is 1. The molecule has 1 saturated heterocycles. The number of furan rings is 1. The van der Waals surface area contributed by atoms with E-state index >= 15 is 0 Å². The Bertz CT molecular complexity index is 1330. The van der Waals surface area contributed by atoms with Gasteiger partial charge in [-0.3, -0.25) is 9.59 Å². The van der Waals surface area contributed by atoms with Crippen LogP contribution in [0.4, 0.5) is 0 Å². The van der Waals surface area contributed by atoms with Crippen LogP contribution in [0.15, 0.2) is 64.8 Å². The number of fused-ring (bicyclic) bond motifs is 1. The lowest BCUT2D eigenvalue weighted by Gasteiger charge is -2.25. The van der Waals surface area contributed by atoms with Crippen LogP contribution in [0.25, 0.3) is 5.76 Å². The van der Waals surface area contributed by atoms with Crippen molar-refractivity contribution in [1.29, 1.82) is 0 Å². The third-order valence-electron chi connectivity index (χ3n) is 6.34. The van der Waals surface area contributed by atoms with Crippen LogP contribution in [0.3, 0.4) is 0 Å². The van der Waals surface area contributed by atoms with Gasteiger partial charge in [0.05, 0.1) is 38.6 Å². The highest BCUT2D eigenvalue weighted by Crippen LogP contribution is 2.43. The molecular weight excluding hydrogens is 450 g/mol. The van der Waals surface area contributed by atoms with Crippen molar-refractivity contribution in [3.8, 4) is 17.2 Å². The number of rotatable bonds is 6. The number of nitrogens with zero attached hydrogens (tertiary/aromatic N) is 1. The molecule has 5 rings (SSSR count). The number of likely N-dealkylation sites (tertiary alicyclic amines) is 1. The van der Waals surface area contributed by atoms with Gasteiger partial charge in [0.1, 0.15) is 23.4 Å². The summed E-state index contributed by atoms with van der Waals surface area (Å²) in [7, 11) is 3.04. The fourth-order valence-electron chi connectivity index (χ4n) is 4.71. The second kappa shape index (κ2) is 8.87. The average Bonchev–Trinajstić information content (AvgIpc) is 3.57. The van der Waals surface area contributed by atoms with E-state index in [4.69, 9.17) is 18.6 Å². The molecule has 180 valence electrons. The lowest BCUT2D eigenvalue weighted by Crippen LogP contribution is -2.29. The topological polar surface area (TPSA) is 98.4 Å². The number of aliphatic hydroxyl groups excluding tert-OH is 1. The van der Waals surface area contributed by atoms with Gasteiger partial charge < -0.3 is 28.6 Å². The minimum atomic E-state index is -0.858. The summed E-state index contributed by atoms with van der Waals surface area (Å²) in [5.41, 5.74) is 1.98. The van der Waals surface area contributed by atoms with Crippen molar-refractivity contribution in [3.05, 3.63) is 82.8 Å². The summed E-state index contributed by atoms with van der Waals surface area (Å²) in [6, 6.07) is 13.0. The van der Waals surface area contributed by atoms with Crippen molar-refractivity contribution in [2.24, 2.45) is 0 Å². The Morgan fingerprint density at radius 2 is 1.89 bits per heavy atom. The Morgan fingerprint density at radius 1 is 1.09 bits per heavy atom. The van der Waals surface area contributed by atoms with Gasteiger partial charge in [0.2, 0.25) is 0 Å². The minimum absolute atomic E-state index is 0.000639. The zero-order chi connectivity index (χ0) is 24.7. The molecule has 8 heteroatoms. The number of benzene rings is 2. The molecule has 2 aromatic carbocycles. The zero-order valence-electron chi connectivity index (χ0n) is 19.6. The molecule has 0 saturated carbocycles. The summed E-state index contributed by atoms with van der Waals surface area (Å²) in [6.45, 7) is 2.03. The van der Waals surface area contributed by atoms with Crippen molar-refractivity contribution in [1.82, 2.24) is 4.90 Å². The fraction of sp³-hybridized carbons (Fsp3) is 0.259. The van der Waals surface area contributed by atoms with E-state index in [1.54, 1.807) is 48.5 Å². The van der Waals surface area contributed by atoms with E-state index < -0.39 is 17.7 Å². The third kappa shape index (κ3) is 3.90. The van der Waals surface area contributed by atoms with E-state index in [1.165, 1.54) is 25.4 Å². The molecule has 8 nitrogen and oxygen atoms in total. The predicted octanol–water partition coefficient (Wildman–Crippen LogP) is 4.24. The molecule has 1 aromatic heterocycles. The normalized spacial score (nSPS) is 20.6. The molecule has 1 amide bonds. The fourth-order valence-corrected chi connectivity index (χ4v) is 4.71. The summed E-state index contributed by atoms with van der Waals surface area (Å²) in [4.78, 5) is 27.9. The van der Waals surface area contributed by atoms with Crippen LogP contribution in [0.1, 0.15) is 35.4 Å². The number of ether oxygens (including phenoxy) is 3. The van der Waals surface area contributed by atoms with E-state index in [0.717, 1.165) is 11.3 Å². The van der Waals surface area contributed by atoms with Crippen molar-refractivity contribution in [2.75, 3.05) is 14.2 Å². The first-order valence-corrected chi connectivity index (χ1v) is 11.2. The van der Waals surface area contributed by atoms with Crippen LogP contribution < -0.4 is 14.2 Å². The summed E-state index contributed by atoms with van der Waals surface area (Å²) in [5.74, 6) is 0.487. The standard InChI is InChI=1S/C27H25NO7/c1-15-11-18-12-17(7-8-20(18)35-15)25(29)23-24(16-6-9-21(32-2)22(13-16)33-3)28(27(31)26(23)30)14-19-5-4-10-34-19/h4-10,12-13,15,24,29H,11,14H2,1-3H3/b25-23+. The van der Waals surface area contributed by atoms with Gasteiger partial charge in [-0.2, -0.15) is 0 Å². The molecule has 0 radical (unpaired) electrons. The van der Waals surface area contributed by atoms with Crippen LogP contribution in [-0.4, -0.2) is 42.0 Å². The molecule has 35 heavy (non-hydrogen) atoms. The molecule has 0 aliphatic carbocycles. The van der Waals surface area contributed by atoms with Crippen LogP contribution >= 0.6 is 0 Å². The predicted molar refractivity (Wildman–Crippen MR) is 126 cm³/mol. The molecule has 3 heterocycles. The zero-order valence-corrected chi connectivity index (χ0v) is 19.6. The average molecular weight is 475 g/mol. The molecule has 0 spiro atoms. The van der Waals surface area contributed by atoms with Gasteiger partial charge in [0.25, 0.3) is 11.7 Å². The number of carbonyl (C=O) groups is 2. The van der Waals surface area contributed by atoms with Gasteiger partial charge in [0.15, 0.2) is 11.5 Å². The highest BCUT2D eigenvalue weighted by Gasteiger charge is 2.46. The Kier molecular flexibility index (Phi) is 5.72. The van der Waals surface area contributed by atoms with E-state index in [0.29, 0.717) is 34.8 Å². The molecule has 2 atom stereocenters. The van der Waals surface area contributed by atoms with E-state index in [-0.39, 0.29) is 24.0 Å². The molecule has 2 unspecified atom stereocenters.